The number of allylic oxidation sites excluding steroid dienone is 2. The van der Waals surface area contributed by atoms with Crippen LogP contribution < -0.4 is 0 Å². The molecule has 0 aliphatic carbocycles. The zero-order valence-corrected chi connectivity index (χ0v) is 15.5. The van der Waals surface area contributed by atoms with Crippen molar-refractivity contribution in [2.45, 2.75) is 0 Å². The summed E-state index contributed by atoms with van der Waals surface area (Å²) in [5, 5.41) is 1.72. The largest absolute Gasteiger partial charge is 0.248 e. The molecule has 0 spiro atoms. The predicted octanol–water partition coefficient (Wildman–Crippen LogP) is 6.92. The summed E-state index contributed by atoms with van der Waals surface area (Å²) in [4.78, 5) is 5.95. The highest BCUT2D eigenvalue weighted by atomic mass is 35.5. The topological polar surface area (TPSA) is 12.4 Å². The van der Waals surface area contributed by atoms with Gasteiger partial charge in [-0.1, -0.05) is 96.2 Å². The third-order valence-electron chi connectivity index (χ3n) is 4.07. The summed E-state index contributed by atoms with van der Waals surface area (Å²) < 4.78 is 0. The second-order valence-electron chi connectivity index (χ2n) is 5.87. The van der Waals surface area contributed by atoms with Crippen molar-refractivity contribution in [3.8, 4) is 0 Å². The average molecular weight is 374 g/mol. The molecule has 0 radical (unpaired) electrons. The number of benzene rings is 3. The molecule has 4 rings (SSSR count). The minimum absolute atomic E-state index is 0.734. The molecule has 26 heavy (non-hydrogen) atoms. The first-order valence-corrected chi connectivity index (χ1v) is 9.53. The fourth-order valence-corrected chi connectivity index (χ4v) is 3.86. The van der Waals surface area contributed by atoms with Gasteiger partial charge in [-0.2, -0.15) is 0 Å². The number of aliphatic imine (C=N–C) groups is 1. The smallest absolute Gasteiger partial charge is 0.108 e. The van der Waals surface area contributed by atoms with Crippen molar-refractivity contribution >= 4 is 38.9 Å². The summed E-state index contributed by atoms with van der Waals surface area (Å²) >= 11 is 7.74. The molecule has 0 saturated carbocycles. The Hall–Kier alpha value is -2.55. The lowest BCUT2D eigenvalue weighted by molar-refractivity contribution is 1.53. The van der Waals surface area contributed by atoms with Crippen LogP contribution >= 0.6 is 23.4 Å². The Morgan fingerprint density at radius 1 is 0.654 bits per heavy atom. The minimum Gasteiger partial charge on any atom is -0.248 e. The van der Waals surface area contributed by atoms with E-state index in [0.29, 0.717) is 0 Å². The maximum absolute atomic E-state index is 6.04. The first-order chi connectivity index (χ1) is 12.8. The van der Waals surface area contributed by atoms with E-state index in [0.717, 1.165) is 26.8 Å². The SMILES string of the molecule is Clc1ccc(C2=CN=C(c3ccccc3)SC(c3ccccc3)=C2)cc1. The average Bonchev–Trinajstić information content (AvgIpc) is 2.93. The van der Waals surface area contributed by atoms with E-state index in [1.807, 2.05) is 54.7 Å². The molecule has 1 aliphatic rings. The molecule has 0 bridgehead atoms. The summed E-state index contributed by atoms with van der Waals surface area (Å²) in [6, 6.07) is 28.6. The molecule has 1 nitrogen and oxygen atoms in total. The van der Waals surface area contributed by atoms with Gasteiger partial charge in [0.1, 0.15) is 5.04 Å². The lowest BCUT2D eigenvalue weighted by Gasteiger charge is -2.09. The van der Waals surface area contributed by atoms with E-state index >= 15 is 0 Å². The van der Waals surface area contributed by atoms with E-state index in [4.69, 9.17) is 16.6 Å². The highest BCUT2D eigenvalue weighted by Gasteiger charge is 2.14. The van der Waals surface area contributed by atoms with Crippen LogP contribution in [0.1, 0.15) is 16.7 Å². The van der Waals surface area contributed by atoms with Crippen LogP contribution in [0.2, 0.25) is 5.02 Å². The Morgan fingerprint density at radius 2 is 1.27 bits per heavy atom. The van der Waals surface area contributed by atoms with Gasteiger partial charge >= 0.3 is 0 Å². The van der Waals surface area contributed by atoms with Crippen LogP contribution in [0.4, 0.5) is 0 Å². The van der Waals surface area contributed by atoms with E-state index in [1.54, 1.807) is 11.8 Å². The standard InChI is InChI=1S/C23H16ClNS/c24-21-13-11-17(12-14-21)20-15-22(18-7-3-1-4-8-18)26-23(25-16-20)19-9-5-2-6-10-19/h1-16H. The lowest BCUT2D eigenvalue weighted by Crippen LogP contribution is -1.94. The van der Waals surface area contributed by atoms with E-state index in [9.17, 15) is 0 Å². The van der Waals surface area contributed by atoms with Gasteiger partial charge in [-0.3, -0.25) is 0 Å². The molecule has 126 valence electrons. The molecular weight excluding hydrogens is 358 g/mol. The maximum atomic E-state index is 6.04. The molecule has 0 N–H and O–H groups in total. The number of hydrogen-bond acceptors (Lipinski definition) is 2. The fourth-order valence-electron chi connectivity index (χ4n) is 2.73. The highest BCUT2D eigenvalue weighted by Crippen LogP contribution is 2.36. The van der Waals surface area contributed by atoms with Crippen molar-refractivity contribution in [2.24, 2.45) is 4.99 Å². The second kappa shape index (κ2) is 7.77. The quantitative estimate of drug-likeness (QED) is 0.485. The number of nitrogens with zero attached hydrogens (tertiary/aromatic N) is 1. The van der Waals surface area contributed by atoms with Crippen molar-refractivity contribution < 1.29 is 0 Å². The van der Waals surface area contributed by atoms with Crippen LogP contribution in [-0.2, 0) is 0 Å². The predicted molar refractivity (Wildman–Crippen MR) is 114 cm³/mol. The van der Waals surface area contributed by atoms with Gasteiger partial charge in [0, 0.05) is 27.3 Å². The van der Waals surface area contributed by atoms with E-state index in [1.165, 1.54) is 10.5 Å². The fraction of sp³-hybridized carbons (Fsp3) is 0. The van der Waals surface area contributed by atoms with Gasteiger partial charge in [-0.25, -0.2) is 4.99 Å². The van der Waals surface area contributed by atoms with Crippen LogP contribution in [0.5, 0.6) is 0 Å². The first kappa shape index (κ1) is 16.9. The van der Waals surface area contributed by atoms with Gasteiger partial charge in [0.25, 0.3) is 0 Å². The summed E-state index contributed by atoms with van der Waals surface area (Å²) in [6.07, 6.45) is 4.14. The monoisotopic (exact) mass is 373 g/mol. The molecule has 0 atom stereocenters. The van der Waals surface area contributed by atoms with Crippen LogP contribution in [0.3, 0.4) is 0 Å². The first-order valence-electron chi connectivity index (χ1n) is 8.34. The lowest BCUT2D eigenvalue weighted by atomic mass is 10.1. The Kier molecular flexibility index (Phi) is 5.05. The third-order valence-corrected chi connectivity index (χ3v) is 5.43. The third kappa shape index (κ3) is 3.82. The normalized spacial score (nSPS) is 14.1. The van der Waals surface area contributed by atoms with E-state index < -0.39 is 0 Å². The Bertz CT molecular complexity index is 987. The number of thioether (sulfide) groups is 1. The second-order valence-corrected chi connectivity index (χ2v) is 7.34. The van der Waals surface area contributed by atoms with E-state index in [-0.39, 0.29) is 0 Å². The summed E-state index contributed by atoms with van der Waals surface area (Å²) in [5.74, 6) is 0. The van der Waals surface area contributed by atoms with Gasteiger partial charge in [0.05, 0.1) is 0 Å². The summed E-state index contributed by atoms with van der Waals surface area (Å²) in [5.41, 5.74) is 4.47. The van der Waals surface area contributed by atoms with Crippen molar-refractivity contribution in [1.82, 2.24) is 0 Å². The number of rotatable bonds is 3. The van der Waals surface area contributed by atoms with Crippen LogP contribution in [-0.4, -0.2) is 5.04 Å². The van der Waals surface area contributed by atoms with Crippen LogP contribution in [0, 0.1) is 0 Å². The zero-order chi connectivity index (χ0) is 17.8. The summed E-state index contributed by atoms with van der Waals surface area (Å²) in [6.45, 7) is 0. The van der Waals surface area contributed by atoms with Crippen LogP contribution in [0.15, 0.2) is 102 Å². The zero-order valence-electron chi connectivity index (χ0n) is 14.0. The molecule has 3 heteroatoms. The molecule has 1 aliphatic heterocycles. The van der Waals surface area contributed by atoms with Gasteiger partial charge in [-0.15, -0.1) is 0 Å². The number of halogens is 1. The summed E-state index contributed by atoms with van der Waals surface area (Å²) in [7, 11) is 0. The molecule has 1 heterocycles. The van der Waals surface area contributed by atoms with Gasteiger partial charge < -0.3 is 0 Å². The van der Waals surface area contributed by atoms with Crippen molar-refractivity contribution in [3.63, 3.8) is 0 Å². The van der Waals surface area contributed by atoms with E-state index in [2.05, 4.69) is 42.5 Å². The molecule has 0 fully saturated rings. The minimum atomic E-state index is 0.734. The maximum Gasteiger partial charge on any atom is 0.108 e. The molecule has 0 saturated heterocycles. The highest BCUT2D eigenvalue weighted by molar-refractivity contribution is 8.22. The van der Waals surface area contributed by atoms with Crippen molar-refractivity contribution in [3.05, 3.63) is 119 Å². The molecule has 0 unspecified atom stereocenters. The molecule has 0 aromatic heterocycles. The van der Waals surface area contributed by atoms with Crippen molar-refractivity contribution in [1.29, 1.82) is 0 Å². The Labute approximate surface area is 162 Å². The molecular formula is C23H16ClNS. The van der Waals surface area contributed by atoms with Gasteiger partial charge in [0.2, 0.25) is 0 Å². The molecule has 3 aromatic carbocycles. The molecule has 0 amide bonds. The molecule has 3 aromatic rings. The Morgan fingerprint density at radius 3 is 1.92 bits per heavy atom. The van der Waals surface area contributed by atoms with Gasteiger partial charge in [-0.05, 0) is 29.3 Å². The van der Waals surface area contributed by atoms with Gasteiger partial charge in [0.15, 0.2) is 0 Å². The van der Waals surface area contributed by atoms with Crippen LogP contribution in [0.25, 0.3) is 10.5 Å². The number of hydrogen-bond donors (Lipinski definition) is 0. The van der Waals surface area contributed by atoms with Crippen molar-refractivity contribution in [2.75, 3.05) is 0 Å². The Balaban J connectivity index is 1.82.